The van der Waals surface area contributed by atoms with Crippen molar-refractivity contribution in [3.05, 3.63) is 52.6 Å². The number of benzene rings is 2. The van der Waals surface area contributed by atoms with Crippen LogP contribution in [0, 0.1) is 10.1 Å². The third-order valence-corrected chi connectivity index (χ3v) is 6.55. The van der Waals surface area contributed by atoms with Crippen LogP contribution in [0.2, 0.25) is 0 Å². The molecule has 0 aliphatic carbocycles. The zero-order valence-electron chi connectivity index (χ0n) is 13.6. The molecule has 0 radical (unpaired) electrons. The van der Waals surface area contributed by atoms with E-state index in [1.165, 1.54) is 38.4 Å². The van der Waals surface area contributed by atoms with Crippen LogP contribution in [-0.2, 0) is 20.0 Å². The standard InChI is InChI=1S/C14H15N3O7S2/c1-16(2)26(23,24)11-5-3-10(4-6-11)15-25(21,22)12-7-8-14(18)13(9-12)17(19)20/h3-9,15,18H,1-2H3. The molecule has 0 aliphatic rings. The van der Waals surface area contributed by atoms with Crippen molar-refractivity contribution in [3.8, 4) is 5.75 Å². The number of hydrogen-bond donors (Lipinski definition) is 2. The maximum Gasteiger partial charge on any atom is 0.312 e. The van der Waals surface area contributed by atoms with Gasteiger partial charge in [0.15, 0.2) is 5.75 Å². The van der Waals surface area contributed by atoms with E-state index in [1.807, 2.05) is 0 Å². The molecule has 0 aliphatic heterocycles. The number of nitro benzene ring substituents is 1. The normalized spacial score (nSPS) is 12.1. The highest BCUT2D eigenvalue weighted by Crippen LogP contribution is 2.29. The number of anilines is 1. The molecule has 0 aromatic heterocycles. The molecular weight excluding hydrogens is 386 g/mol. The summed E-state index contributed by atoms with van der Waals surface area (Å²) in [5.41, 5.74) is -0.682. The molecule has 0 heterocycles. The first kappa shape index (κ1) is 19.6. The van der Waals surface area contributed by atoms with Gasteiger partial charge in [0.05, 0.1) is 14.7 Å². The number of phenols is 1. The summed E-state index contributed by atoms with van der Waals surface area (Å²) in [6.45, 7) is 0. The SMILES string of the molecule is CN(C)S(=O)(=O)c1ccc(NS(=O)(=O)c2ccc(O)c([N+](=O)[O-])c2)cc1. The number of phenolic OH excluding ortho intramolecular Hbond substituents is 1. The maximum atomic E-state index is 12.3. The lowest BCUT2D eigenvalue weighted by molar-refractivity contribution is -0.386. The zero-order chi connectivity index (χ0) is 19.7. The van der Waals surface area contributed by atoms with E-state index in [0.29, 0.717) is 0 Å². The smallest absolute Gasteiger partial charge is 0.312 e. The van der Waals surface area contributed by atoms with Gasteiger partial charge in [0.25, 0.3) is 10.0 Å². The number of nitrogens with zero attached hydrogens (tertiary/aromatic N) is 2. The second kappa shape index (κ2) is 6.90. The maximum absolute atomic E-state index is 12.3. The first-order valence-electron chi connectivity index (χ1n) is 6.98. The largest absolute Gasteiger partial charge is 0.502 e. The first-order chi connectivity index (χ1) is 11.9. The van der Waals surface area contributed by atoms with Gasteiger partial charge in [0, 0.05) is 25.8 Å². The van der Waals surface area contributed by atoms with E-state index in [0.717, 1.165) is 22.5 Å². The Bertz CT molecular complexity index is 1050. The van der Waals surface area contributed by atoms with Crippen molar-refractivity contribution in [1.29, 1.82) is 0 Å². The Hall–Kier alpha value is -2.70. The van der Waals surface area contributed by atoms with Crippen molar-refractivity contribution >= 4 is 31.4 Å². The van der Waals surface area contributed by atoms with E-state index in [9.17, 15) is 32.1 Å². The van der Waals surface area contributed by atoms with E-state index >= 15 is 0 Å². The van der Waals surface area contributed by atoms with Crippen molar-refractivity contribution in [2.75, 3.05) is 18.8 Å². The van der Waals surface area contributed by atoms with Crippen molar-refractivity contribution in [3.63, 3.8) is 0 Å². The van der Waals surface area contributed by atoms with Gasteiger partial charge in [-0.25, -0.2) is 21.1 Å². The Morgan fingerprint density at radius 1 is 1.00 bits per heavy atom. The minimum Gasteiger partial charge on any atom is -0.502 e. The van der Waals surface area contributed by atoms with Crippen LogP contribution in [0.5, 0.6) is 5.75 Å². The summed E-state index contributed by atoms with van der Waals surface area (Å²) in [4.78, 5) is 9.46. The van der Waals surface area contributed by atoms with Crippen LogP contribution >= 0.6 is 0 Å². The topological polar surface area (TPSA) is 147 Å². The fraction of sp³-hybridized carbons (Fsp3) is 0.143. The molecule has 0 spiro atoms. The van der Waals surface area contributed by atoms with E-state index in [-0.39, 0.29) is 10.6 Å². The molecule has 2 rings (SSSR count). The minimum absolute atomic E-state index is 0.0225. The average Bonchev–Trinajstić information content (AvgIpc) is 2.54. The summed E-state index contributed by atoms with van der Waals surface area (Å²) < 4.78 is 51.8. The molecule has 0 saturated heterocycles. The Balaban J connectivity index is 2.33. The van der Waals surface area contributed by atoms with Crippen LogP contribution in [0.4, 0.5) is 11.4 Å². The van der Waals surface area contributed by atoms with E-state index in [2.05, 4.69) is 4.72 Å². The van der Waals surface area contributed by atoms with Crippen LogP contribution in [0.25, 0.3) is 0 Å². The lowest BCUT2D eigenvalue weighted by Crippen LogP contribution is -2.22. The molecule has 2 aromatic rings. The molecule has 0 unspecified atom stereocenters. The van der Waals surface area contributed by atoms with Gasteiger partial charge in [-0.2, -0.15) is 0 Å². The fourth-order valence-electron chi connectivity index (χ4n) is 1.94. The van der Waals surface area contributed by atoms with Crippen molar-refractivity contribution < 1.29 is 26.9 Å². The lowest BCUT2D eigenvalue weighted by atomic mass is 10.3. The Morgan fingerprint density at radius 3 is 2.04 bits per heavy atom. The van der Waals surface area contributed by atoms with Crippen LogP contribution in [0.3, 0.4) is 0 Å². The van der Waals surface area contributed by atoms with E-state index in [1.54, 1.807) is 0 Å². The molecule has 0 atom stereocenters. The summed E-state index contributed by atoms with van der Waals surface area (Å²) in [6.07, 6.45) is 0. The molecule has 2 N–H and O–H groups in total. The molecule has 140 valence electrons. The van der Waals surface area contributed by atoms with E-state index < -0.39 is 41.3 Å². The summed E-state index contributed by atoms with van der Waals surface area (Å²) in [7, 11) is -5.10. The first-order valence-corrected chi connectivity index (χ1v) is 9.90. The third-order valence-electron chi connectivity index (χ3n) is 3.34. The van der Waals surface area contributed by atoms with Gasteiger partial charge in [0.2, 0.25) is 10.0 Å². The molecule has 0 amide bonds. The number of rotatable bonds is 6. The van der Waals surface area contributed by atoms with E-state index in [4.69, 9.17) is 0 Å². The highest BCUT2D eigenvalue weighted by molar-refractivity contribution is 7.92. The molecular formula is C14H15N3O7S2. The molecule has 0 saturated carbocycles. The molecule has 26 heavy (non-hydrogen) atoms. The Labute approximate surface area is 149 Å². The van der Waals surface area contributed by atoms with Gasteiger partial charge in [-0.15, -0.1) is 0 Å². The monoisotopic (exact) mass is 401 g/mol. The van der Waals surface area contributed by atoms with Crippen molar-refractivity contribution in [2.24, 2.45) is 0 Å². The van der Waals surface area contributed by atoms with Gasteiger partial charge in [0.1, 0.15) is 0 Å². The highest BCUT2D eigenvalue weighted by Gasteiger charge is 2.22. The van der Waals surface area contributed by atoms with Crippen LogP contribution in [0.1, 0.15) is 0 Å². The van der Waals surface area contributed by atoms with Gasteiger partial charge >= 0.3 is 5.69 Å². The van der Waals surface area contributed by atoms with Crippen LogP contribution in [0.15, 0.2) is 52.3 Å². The quantitative estimate of drug-likeness (QED) is 0.548. The van der Waals surface area contributed by atoms with Gasteiger partial charge in [-0.3, -0.25) is 14.8 Å². The summed E-state index contributed by atoms with van der Waals surface area (Å²) in [5.74, 6) is -0.660. The lowest BCUT2D eigenvalue weighted by Gasteiger charge is -2.12. The minimum atomic E-state index is -4.18. The number of aromatic hydroxyl groups is 1. The van der Waals surface area contributed by atoms with Crippen molar-refractivity contribution in [1.82, 2.24) is 4.31 Å². The van der Waals surface area contributed by atoms with Crippen LogP contribution < -0.4 is 4.72 Å². The van der Waals surface area contributed by atoms with Gasteiger partial charge in [-0.05, 0) is 36.4 Å². The second-order valence-corrected chi connectivity index (χ2v) is 9.16. The molecule has 0 bridgehead atoms. The predicted octanol–water partition coefficient (Wildman–Crippen LogP) is 1.35. The number of sulfonamides is 2. The summed E-state index contributed by atoms with van der Waals surface area (Å²) in [6, 6.07) is 7.60. The zero-order valence-corrected chi connectivity index (χ0v) is 15.3. The van der Waals surface area contributed by atoms with Crippen LogP contribution in [-0.4, -0.2) is 45.3 Å². The van der Waals surface area contributed by atoms with Crippen molar-refractivity contribution in [2.45, 2.75) is 9.79 Å². The predicted molar refractivity (Wildman–Crippen MR) is 92.9 cm³/mol. The number of hydrogen-bond acceptors (Lipinski definition) is 7. The fourth-order valence-corrected chi connectivity index (χ4v) is 3.92. The molecule has 12 heteroatoms. The number of nitro groups is 1. The molecule has 0 fully saturated rings. The Morgan fingerprint density at radius 2 is 1.54 bits per heavy atom. The number of nitrogens with one attached hydrogen (secondary N) is 1. The Kier molecular flexibility index (Phi) is 5.21. The highest BCUT2D eigenvalue weighted by atomic mass is 32.2. The average molecular weight is 401 g/mol. The summed E-state index contributed by atoms with van der Waals surface area (Å²) in [5, 5.41) is 20.2. The summed E-state index contributed by atoms with van der Waals surface area (Å²) >= 11 is 0. The molecule has 2 aromatic carbocycles. The molecule has 10 nitrogen and oxygen atoms in total. The van der Waals surface area contributed by atoms with Gasteiger partial charge < -0.3 is 5.11 Å². The third kappa shape index (κ3) is 3.92. The van der Waals surface area contributed by atoms with Gasteiger partial charge in [-0.1, -0.05) is 0 Å². The second-order valence-electron chi connectivity index (χ2n) is 5.32.